The van der Waals surface area contributed by atoms with Gasteiger partial charge in [0.05, 0.1) is 0 Å². The maximum absolute atomic E-state index is 14.6. The first-order chi connectivity index (χ1) is 12.1. The molecule has 0 nitrogen and oxygen atoms in total. The van der Waals surface area contributed by atoms with Gasteiger partial charge in [-0.2, -0.15) is 0 Å². The molecule has 3 aromatic carbocycles. The molecule has 25 heavy (non-hydrogen) atoms. The van der Waals surface area contributed by atoms with Gasteiger partial charge < -0.3 is 0 Å². The largest absolute Gasteiger partial charge is 0.203 e. The minimum Gasteiger partial charge on any atom is -0.203 e. The van der Waals surface area contributed by atoms with E-state index in [-0.39, 0.29) is 0 Å². The van der Waals surface area contributed by atoms with Crippen LogP contribution < -0.4 is 0 Å². The van der Waals surface area contributed by atoms with Crippen LogP contribution in [-0.4, -0.2) is 0 Å². The maximum Gasteiger partial charge on any atom is 0.166 e. The van der Waals surface area contributed by atoms with E-state index in [1.54, 1.807) is 12.1 Å². The fourth-order valence-electron chi connectivity index (χ4n) is 3.08. The maximum atomic E-state index is 14.6. The molecule has 0 saturated carbocycles. The molecule has 0 aliphatic heterocycles. The van der Waals surface area contributed by atoms with Crippen molar-refractivity contribution in [1.82, 2.24) is 0 Å². The van der Waals surface area contributed by atoms with Gasteiger partial charge in [0.1, 0.15) is 0 Å². The molecule has 128 valence electrons. The Morgan fingerprint density at radius 1 is 0.880 bits per heavy atom. The van der Waals surface area contributed by atoms with Gasteiger partial charge in [-0.05, 0) is 66.0 Å². The minimum atomic E-state index is -0.750. The lowest BCUT2D eigenvalue weighted by molar-refractivity contribution is 0.507. The van der Waals surface area contributed by atoms with E-state index >= 15 is 0 Å². The van der Waals surface area contributed by atoms with Gasteiger partial charge in [0.25, 0.3) is 0 Å². The van der Waals surface area contributed by atoms with Crippen LogP contribution in [0.25, 0.3) is 21.9 Å². The SMILES string of the molecule is C/C=C/CCc1cc2ccc(-c3ccc(CC)cc3)cc2c(F)c1F. The van der Waals surface area contributed by atoms with E-state index in [4.69, 9.17) is 0 Å². The Labute approximate surface area is 147 Å². The van der Waals surface area contributed by atoms with Gasteiger partial charge in [-0.1, -0.05) is 55.5 Å². The molecule has 0 aromatic heterocycles. The second-order valence-corrected chi connectivity index (χ2v) is 6.26. The van der Waals surface area contributed by atoms with E-state index in [1.165, 1.54) is 5.56 Å². The van der Waals surface area contributed by atoms with E-state index in [0.29, 0.717) is 23.8 Å². The standard InChI is InChI=1S/C23H22F2/c1-3-5-6-7-20-14-19-13-12-18(15-21(19)23(25)22(20)24)17-10-8-16(4-2)9-11-17/h3,5,8-15H,4,6-7H2,1-2H3/b5-3+. The monoisotopic (exact) mass is 336 g/mol. The molecule has 0 saturated heterocycles. The molecule has 0 radical (unpaired) electrons. The van der Waals surface area contributed by atoms with Gasteiger partial charge >= 0.3 is 0 Å². The van der Waals surface area contributed by atoms with Gasteiger partial charge in [0.2, 0.25) is 0 Å². The van der Waals surface area contributed by atoms with Crippen molar-refractivity contribution < 1.29 is 8.78 Å². The summed E-state index contributed by atoms with van der Waals surface area (Å²) in [4.78, 5) is 0. The van der Waals surface area contributed by atoms with E-state index in [2.05, 4.69) is 19.1 Å². The highest BCUT2D eigenvalue weighted by atomic mass is 19.2. The lowest BCUT2D eigenvalue weighted by Crippen LogP contribution is -1.96. The van der Waals surface area contributed by atoms with Gasteiger partial charge in [0, 0.05) is 5.39 Å². The molecule has 0 N–H and O–H groups in total. The lowest BCUT2D eigenvalue weighted by Gasteiger charge is -2.10. The molecule has 0 aliphatic carbocycles. The Hall–Kier alpha value is -2.48. The highest BCUT2D eigenvalue weighted by molar-refractivity contribution is 5.88. The van der Waals surface area contributed by atoms with E-state index in [0.717, 1.165) is 22.9 Å². The van der Waals surface area contributed by atoms with Crippen LogP contribution in [0.3, 0.4) is 0 Å². The Kier molecular flexibility index (Phi) is 5.28. The van der Waals surface area contributed by atoms with Gasteiger partial charge in [-0.15, -0.1) is 0 Å². The second-order valence-electron chi connectivity index (χ2n) is 6.26. The number of aryl methyl sites for hydroxylation is 2. The highest BCUT2D eigenvalue weighted by Crippen LogP contribution is 2.29. The zero-order valence-corrected chi connectivity index (χ0v) is 14.7. The van der Waals surface area contributed by atoms with Gasteiger partial charge in [-0.25, -0.2) is 8.78 Å². The number of halogens is 2. The van der Waals surface area contributed by atoms with Crippen molar-refractivity contribution in [2.24, 2.45) is 0 Å². The summed E-state index contributed by atoms with van der Waals surface area (Å²) in [6.45, 7) is 4.03. The fourth-order valence-corrected chi connectivity index (χ4v) is 3.08. The number of hydrogen-bond acceptors (Lipinski definition) is 0. The third-order valence-corrected chi connectivity index (χ3v) is 4.61. The van der Waals surface area contributed by atoms with Crippen molar-refractivity contribution in [2.45, 2.75) is 33.1 Å². The molecule has 0 unspecified atom stereocenters. The summed E-state index contributed by atoms with van der Waals surface area (Å²) in [6.07, 6.45) is 6.08. The van der Waals surface area contributed by atoms with Crippen LogP contribution in [0.2, 0.25) is 0 Å². The zero-order valence-electron chi connectivity index (χ0n) is 14.7. The molecule has 2 heteroatoms. The Morgan fingerprint density at radius 3 is 2.28 bits per heavy atom. The van der Waals surface area contributed by atoms with Gasteiger partial charge in [0.15, 0.2) is 11.6 Å². The van der Waals surface area contributed by atoms with Crippen LogP contribution in [0.5, 0.6) is 0 Å². The summed E-state index contributed by atoms with van der Waals surface area (Å²) >= 11 is 0. The molecule has 0 atom stereocenters. The summed E-state index contributed by atoms with van der Waals surface area (Å²) in [6, 6.07) is 15.5. The first-order valence-electron chi connectivity index (χ1n) is 8.75. The van der Waals surface area contributed by atoms with Crippen molar-refractivity contribution in [1.29, 1.82) is 0 Å². The van der Waals surface area contributed by atoms with Crippen LogP contribution in [-0.2, 0) is 12.8 Å². The van der Waals surface area contributed by atoms with Crippen LogP contribution >= 0.6 is 0 Å². The number of allylic oxidation sites excluding steroid dienone is 2. The van der Waals surface area contributed by atoms with Crippen molar-refractivity contribution >= 4 is 10.8 Å². The smallest absolute Gasteiger partial charge is 0.166 e. The van der Waals surface area contributed by atoms with Crippen molar-refractivity contribution in [3.05, 3.63) is 83.4 Å². The van der Waals surface area contributed by atoms with Crippen molar-refractivity contribution in [3.8, 4) is 11.1 Å². The summed E-state index contributed by atoms with van der Waals surface area (Å²) < 4.78 is 29.0. The van der Waals surface area contributed by atoms with Crippen molar-refractivity contribution in [3.63, 3.8) is 0 Å². The second kappa shape index (κ2) is 7.60. The molecule has 0 fully saturated rings. The van der Waals surface area contributed by atoms with Crippen LogP contribution in [0.4, 0.5) is 8.78 Å². The van der Waals surface area contributed by atoms with E-state index in [1.807, 2.05) is 43.3 Å². The van der Waals surface area contributed by atoms with E-state index in [9.17, 15) is 8.78 Å². The van der Waals surface area contributed by atoms with Crippen LogP contribution in [0.15, 0.2) is 60.7 Å². The van der Waals surface area contributed by atoms with Crippen LogP contribution in [0, 0.1) is 11.6 Å². The normalized spacial score (nSPS) is 11.5. The summed E-state index contributed by atoms with van der Waals surface area (Å²) in [5.41, 5.74) is 3.60. The third-order valence-electron chi connectivity index (χ3n) is 4.61. The van der Waals surface area contributed by atoms with Crippen molar-refractivity contribution in [2.75, 3.05) is 0 Å². The molecular weight excluding hydrogens is 314 g/mol. The third kappa shape index (κ3) is 3.63. The summed E-state index contributed by atoms with van der Waals surface area (Å²) in [5, 5.41) is 1.08. The Balaban J connectivity index is 2.02. The van der Waals surface area contributed by atoms with Crippen LogP contribution in [0.1, 0.15) is 31.4 Å². The highest BCUT2D eigenvalue weighted by Gasteiger charge is 2.14. The molecular formula is C23H22F2. The predicted octanol–water partition coefficient (Wildman–Crippen LogP) is 6.86. The summed E-state index contributed by atoms with van der Waals surface area (Å²) in [5.74, 6) is -1.48. The average Bonchev–Trinajstić information content (AvgIpc) is 2.65. The molecule has 0 spiro atoms. The molecule has 3 aromatic rings. The fraction of sp³-hybridized carbons (Fsp3) is 0.217. The van der Waals surface area contributed by atoms with E-state index < -0.39 is 11.6 Å². The number of fused-ring (bicyclic) bond motifs is 1. The molecule has 0 bridgehead atoms. The average molecular weight is 336 g/mol. The topological polar surface area (TPSA) is 0 Å². The molecule has 0 amide bonds. The quantitative estimate of drug-likeness (QED) is 0.447. The molecule has 0 heterocycles. The Morgan fingerprint density at radius 2 is 1.60 bits per heavy atom. The molecule has 3 rings (SSSR count). The Bertz CT molecular complexity index is 906. The number of rotatable bonds is 5. The predicted molar refractivity (Wildman–Crippen MR) is 102 cm³/mol. The minimum absolute atomic E-state index is 0.337. The zero-order chi connectivity index (χ0) is 17.8. The number of hydrogen-bond donors (Lipinski definition) is 0. The number of benzene rings is 3. The first kappa shape index (κ1) is 17.3. The summed E-state index contributed by atoms with van der Waals surface area (Å²) in [7, 11) is 0. The molecule has 0 aliphatic rings. The first-order valence-corrected chi connectivity index (χ1v) is 8.75. The van der Waals surface area contributed by atoms with Gasteiger partial charge in [-0.3, -0.25) is 0 Å². The lowest BCUT2D eigenvalue weighted by atomic mass is 9.97.